The van der Waals surface area contributed by atoms with E-state index in [4.69, 9.17) is 14.2 Å². The highest BCUT2D eigenvalue weighted by Crippen LogP contribution is 2.42. The van der Waals surface area contributed by atoms with Crippen LogP contribution in [0.5, 0.6) is 11.5 Å². The Morgan fingerprint density at radius 2 is 1.93 bits per heavy atom. The number of hydrogen-bond acceptors (Lipinski definition) is 7. The number of hydrogen-bond donors (Lipinski definition) is 1. The number of nitrogens with zero attached hydrogens (tertiary/aromatic N) is 1. The highest BCUT2D eigenvalue weighted by molar-refractivity contribution is 7.12. The van der Waals surface area contributed by atoms with E-state index in [0.29, 0.717) is 41.5 Å². The van der Waals surface area contributed by atoms with E-state index in [1.165, 1.54) is 30.5 Å². The Kier molecular flexibility index (Phi) is 6.56. The zero-order chi connectivity index (χ0) is 21.0. The lowest BCUT2D eigenvalue weighted by atomic mass is 9.95. The third-order valence-electron chi connectivity index (χ3n) is 4.76. The molecule has 1 N–H and O–H groups in total. The van der Waals surface area contributed by atoms with Gasteiger partial charge in [0.15, 0.2) is 17.3 Å². The number of amides is 1. The summed E-state index contributed by atoms with van der Waals surface area (Å²) in [5.74, 6) is -0.435. The van der Waals surface area contributed by atoms with E-state index in [-0.39, 0.29) is 11.4 Å². The standard InChI is InChI=1S/C21H23NO6S/c1-26-10-5-9-22-18(13-7-8-14(27-2)15(12-13)28-3)17(20(24)21(22)25)19(23)16-6-4-11-29-16/h4,6-8,11-12,18,24H,5,9-10H2,1-3H3/t18-/m1/s1. The van der Waals surface area contributed by atoms with Crippen LogP contribution in [-0.4, -0.2) is 56.2 Å². The normalized spacial score (nSPS) is 16.4. The topological polar surface area (TPSA) is 85.3 Å². The number of carbonyl (C=O) groups excluding carboxylic acids is 2. The molecular formula is C21H23NO6S. The average molecular weight is 417 g/mol. The molecule has 2 heterocycles. The molecule has 1 atom stereocenters. The largest absolute Gasteiger partial charge is 0.503 e. The van der Waals surface area contributed by atoms with Gasteiger partial charge in [0.1, 0.15) is 0 Å². The summed E-state index contributed by atoms with van der Waals surface area (Å²) in [4.78, 5) is 27.9. The smallest absolute Gasteiger partial charge is 0.290 e. The highest BCUT2D eigenvalue weighted by Gasteiger charge is 2.43. The van der Waals surface area contributed by atoms with Gasteiger partial charge in [-0.25, -0.2) is 0 Å². The SMILES string of the molecule is COCCCN1C(=O)C(O)=C(C(=O)c2cccs2)[C@H]1c1ccc(OC)c(OC)c1. The lowest BCUT2D eigenvalue weighted by molar-refractivity contribution is -0.129. The second-order valence-electron chi connectivity index (χ2n) is 6.43. The first-order chi connectivity index (χ1) is 14.0. The summed E-state index contributed by atoms with van der Waals surface area (Å²) in [5.41, 5.74) is 0.722. The van der Waals surface area contributed by atoms with Gasteiger partial charge in [0.25, 0.3) is 5.91 Å². The maximum absolute atomic E-state index is 13.1. The summed E-state index contributed by atoms with van der Waals surface area (Å²) in [7, 11) is 4.63. The molecule has 0 saturated carbocycles. The Hall–Kier alpha value is -2.84. The Bertz CT molecular complexity index is 921. The fraction of sp³-hybridized carbons (Fsp3) is 0.333. The lowest BCUT2D eigenvalue weighted by Crippen LogP contribution is -2.32. The molecule has 0 unspecified atom stereocenters. The number of ketones is 1. The number of benzene rings is 1. The number of carbonyl (C=O) groups is 2. The second kappa shape index (κ2) is 9.11. The first-order valence-corrected chi connectivity index (χ1v) is 9.94. The van der Waals surface area contributed by atoms with Gasteiger partial charge in [-0.05, 0) is 35.6 Å². The van der Waals surface area contributed by atoms with E-state index in [2.05, 4.69) is 0 Å². The monoisotopic (exact) mass is 417 g/mol. The zero-order valence-corrected chi connectivity index (χ0v) is 17.3. The van der Waals surface area contributed by atoms with Gasteiger partial charge in [-0.3, -0.25) is 9.59 Å². The first-order valence-electron chi connectivity index (χ1n) is 9.06. The van der Waals surface area contributed by atoms with Gasteiger partial charge >= 0.3 is 0 Å². The van der Waals surface area contributed by atoms with Crippen molar-refractivity contribution in [1.82, 2.24) is 4.90 Å². The van der Waals surface area contributed by atoms with E-state index in [1.807, 2.05) is 0 Å². The van der Waals surface area contributed by atoms with Gasteiger partial charge in [0.05, 0.1) is 30.7 Å². The van der Waals surface area contributed by atoms with E-state index in [0.717, 1.165) is 0 Å². The molecule has 154 valence electrons. The van der Waals surface area contributed by atoms with Crippen LogP contribution in [0.25, 0.3) is 0 Å². The van der Waals surface area contributed by atoms with Crippen molar-refractivity contribution in [2.24, 2.45) is 0 Å². The Labute approximate surface area is 173 Å². The molecule has 1 aromatic carbocycles. The van der Waals surface area contributed by atoms with Gasteiger partial charge in [-0.1, -0.05) is 12.1 Å². The summed E-state index contributed by atoms with van der Waals surface area (Å²) in [6.07, 6.45) is 0.569. The summed E-state index contributed by atoms with van der Waals surface area (Å²) in [6.45, 7) is 0.786. The van der Waals surface area contributed by atoms with Crippen LogP contribution < -0.4 is 9.47 Å². The van der Waals surface area contributed by atoms with Crippen molar-refractivity contribution in [2.75, 3.05) is 34.5 Å². The fourth-order valence-electron chi connectivity index (χ4n) is 3.41. The third kappa shape index (κ3) is 3.99. The average Bonchev–Trinajstić information content (AvgIpc) is 3.36. The van der Waals surface area contributed by atoms with Crippen molar-refractivity contribution in [1.29, 1.82) is 0 Å². The quantitative estimate of drug-likeness (QED) is 0.497. The van der Waals surface area contributed by atoms with Gasteiger partial charge < -0.3 is 24.2 Å². The molecule has 0 saturated heterocycles. The predicted molar refractivity (Wildman–Crippen MR) is 109 cm³/mol. The van der Waals surface area contributed by atoms with Crippen molar-refractivity contribution in [3.05, 3.63) is 57.5 Å². The van der Waals surface area contributed by atoms with E-state index < -0.39 is 17.7 Å². The molecule has 1 aliphatic rings. The van der Waals surface area contributed by atoms with Crippen LogP contribution in [0.15, 0.2) is 47.0 Å². The number of Topliss-reactive ketones (excluding diaryl/α,β-unsaturated/α-hetero) is 1. The van der Waals surface area contributed by atoms with Gasteiger partial charge in [-0.2, -0.15) is 0 Å². The number of aliphatic hydroxyl groups excluding tert-OH is 1. The molecule has 1 amide bonds. The summed E-state index contributed by atoms with van der Waals surface area (Å²) < 4.78 is 15.8. The maximum atomic E-state index is 13.1. The fourth-order valence-corrected chi connectivity index (χ4v) is 4.08. The second-order valence-corrected chi connectivity index (χ2v) is 7.38. The van der Waals surface area contributed by atoms with Crippen molar-refractivity contribution < 1.29 is 28.9 Å². The van der Waals surface area contributed by atoms with Gasteiger partial charge in [-0.15, -0.1) is 11.3 Å². The number of ether oxygens (including phenoxy) is 3. The third-order valence-corrected chi connectivity index (χ3v) is 5.63. The Morgan fingerprint density at radius 3 is 2.55 bits per heavy atom. The van der Waals surface area contributed by atoms with Crippen LogP contribution in [-0.2, 0) is 9.53 Å². The van der Waals surface area contributed by atoms with Crippen LogP contribution in [0, 0.1) is 0 Å². The summed E-state index contributed by atoms with van der Waals surface area (Å²) in [6, 6.07) is 7.91. The molecule has 1 aliphatic heterocycles. The molecule has 0 spiro atoms. The molecule has 3 rings (SSSR count). The lowest BCUT2D eigenvalue weighted by Gasteiger charge is -2.27. The number of rotatable bonds is 9. The zero-order valence-electron chi connectivity index (χ0n) is 16.5. The minimum Gasteiger partial charge on any atom is -0.503 e. The maximum Gasteiger partial charge on any atom is 0.290 e. The molecule has 8 heteroatoms. The molecule has 29 heavy (non-hydrogen) atoms. The molecule has 0 aliphatic carbocycles. The van der Waals surface area contributed by atoms with E-state index in [9.17, 15) is 14.7 Å². The predicted octanol–water partition coefficient (Wildman–Crippen LogP) is 3.38. The van der Waals surface area contributed by atoms with Crippen LogP contribution in [0.3, 0.4) is 0 Å². The van der Waals surface area contributed by atoms with E-state index in [1.54, 1.807) is 42.8 Å². The van der Waals surface area contributed by atoms with Crippen molar-refractivity contribution in [3.8, 4) is 11.5 Å². The molecule has 7 nitrogen and oxygen atoms in total. The first kappa shape index (κ1) is 20.9. The Balaban J connectivity index is 2.07. The molecule has 0 radical (unpaired) electrons. The minimum absolute atomic E-state index is 0.0714. The van der Waals surface area contributed by atoms with Gasteiger partial charge in [0.2, 0.25) is 5.78 Å². The van der Waals surface area contributed by atoms with Gasteiger partial charge in [0, 0.05) is 20.3 Å². The van der Waals surface area contributed by atoms with Crippen LogP contribution in [0.2, 0.25) is 0 Å². The molecule has 0 fully saturated rings. The van der Waals surface area contributed by atoms with Crippen LogP contribution >= 0.6 is 11.3 Å². The van der Waals surface area contributed by atoms with Crippen LogP contribution in [0.1, 0.15) is 27.7 Å². The number of thiophene rings is 1. The molecule has 0 bridgehead atoms. The minimum atomic E-state index is -0.728. The van der Waals surface area contributed by atoms with Crippen molar-refractivity contribution >= 4 is 23.0 Å². The van der Waals surface area contributed by atoms with Crippen LogP contribution in [0.4, 0.5) is 0 Å². The Morgan fingerprint density at radius 1 is 1.17 bits per heavy atom. The number of methoxy groups -OCH3 is 3. The van der Waals surface area contributed by atoms with Crippen molar-refractivity contribution in [3.63, 3.8) is 0 Å². The molecule has 2 aromatic rings. The van der Waals surface area contributed by atoms with Crippen molar-refractivity contribution in [2.45, 2.75) is 12.5 Å². The summed E-state index contributed by atoms with van der Waals surface area (Å²) in [5, 5.41) is 12.4. The molecule has 1 aromatic heterocycles. The number of aliphatic hydroxyl groups is 1. The highest BCUT2D eigenvalue weighted by atomic mass is 32.1. The molecular weight excluding hydrogens is 394 g/mol. The summed E-state index contributed by atoms with van der Waals surface area (Å²) >= 11 is 1.27. The van der Waals surface area contributed by atoms with E-state index >= 15 is 0 Å².